The summed E-state index contributed by atoms with van der Waals surface area (Å²) in [4.78, 5) is 32.6. The van der Waals surface area contributed by atoms with Crippen LogP contribution in [0, 0.1) is 5.92 Å². The molecule has 0 aromatic carbocycles. The molecule has 1 aliphatic carbocycles. The molecule has 6 nitrogen and oxygen atoms in total. The minimum Gasteiger partial charge on any atom is -0.309 e. The van der Waals surface area contributed by atoms with Crippen molar-refractivity contribution in [1.82, 2.24) is 24.8 Å². The Balaban J connectivity index is 1.30. The van der Waals surface area contributed by atoms with E-state index in [9.17, 15) is 4.79 Å². The molecule has 158 valence electrons. The Labute approximate surface area is 181 Å². The lowest BCUT2D eigenvalue weighted by atomic mass is 9.89. The average Bonchev–Trinajstić information content (AvgIpc) is 3.12. The number of nitrogens with one attached hydrogen (secondary N) is 1. The summed E-state index contributed by atoms with van der Waals surface area (Å²) in [5.41, 5.74) is 2.42. The fraction of sp³-hybridized carbons (Fsp3) is 0.522. The quantitative estimate of drug-likeness (QED) is 0.697. The van der Waals surface area contributed by atoms with E-state index in [1.54, 1.807) is 11.3 Å². The molecule has 0 amide bonds. The molecule has 0 spiro atoms. The van der Waals surface area contributed by atoms with Gasteiger partial charge in [0.15, 0.2) is 0 Å². The van der Waals surface area contributed by atoms with Gasteiger partial charge in [0, 0.05) is 43.8 Å². The van der Waals surface area contributed by atoms with E-state index in [1.807, 2.05) is 18.3 Å². The van der Waals surface area contributed by atoms with Crippen LogP contribution in [0.25, 0.3) is 10.2 Å². The normalized spacial score (nSPS) is 21.6. The topological polar surface area (TPSA) is 65.1 Å². The smallest absolute Gasteiger partial charge is 0.259 e. The maximum absolute atomic E-state index is 12.9. The summed E-state index contributed by atoms with van der Waals surface area (Å²) in [6, 6.07) is 6.19. The van der Waals surface area contributed by atoms with Crippen LogP contribution >= 0.6 is 11.3 Å². The number of pyridine rings is 1. The molecule has 3 aromatic rings. The summed E-state index contributed by atoms with van der Waals surface area (Å²) in [5.74, 6) is 1.50. The highest BCUT2D eigenvalue weighted by atomic mass is 32.1. The van der Waals surface area contributed by atoms with Crippen LogP contribution in [-0.4, -0.2) is 50.9 Å². The van der Waals surface area contributed by atoms with E-state index < -0.39 is 0 Å². The molecule has 7 heteroatoms. The largest absolute Gasteiger partial charge is 0.309 e. The number of rotatable bonds is 4. The number of aryl methyl sites for hydroxylation is 1. The van der Waals surface area contributed by atoms with Gasteiger partial charge in [-0.3, -0.25) is 19.6 Å². The Morgan fingerprint density at radius 2 is 2.10 bits per heavy atom. The van der Waals surface area contributed by atoms with E-state index in [0.29, 0.717) is 5.92 Å². The van der Waals surface area contributed by atoms with Crippen LogP contribution < -0.4 is 5.56 Å². The zero-order chi connectivity index (χ0) is 20.7. The Morgan fingerprint density at radius 3 is 2.87 bits per heavy atom. The standard InChI is InChI=1S/C23H29N5OS/c1-15-6-7-18-19(13-15)30-23-20(18)22(29)25-21(26-23)16(2)28-11-9-27(10-12-28)14-17-5-3-4-8-24-17/h3-5,8,15-16H,6-7,9-14H2,1-2H3,(H,25,26,29). The van der Waals surface area contributed by atoms with Crippen molar-refractivity contribution in [3.63, 3.8) is 0 Å². The van der Waals surface area contributed by atoms with E-state index in [4.69, 9.17) is 4.98 Å². The van der Waals surface area contributed by atoms with E-state index in [1.165, 1.54) is 16.9 Å². The second-order valence-corrected chi connectivity index (χ2v) is 9.88. The number of H-pyrrole nitrogens is 1. The van der Waals surface area contributed by atoms with Gasteiger partial charge in [-0.15, -0.1) is 11.3 Å². The molecule has 1 aliphatic heterocycles. The number of hydrogen-bond donors (Lipinski definition) is 1. The first-order chi connectivity index (χ1) is 14.6. The summed E-state index contributed by atoms with van der Waals surface area (Å²) < 4.78 is 0. The molecule has 5 rings (SSSR count). The predicted octanol–water partition coefficient (Wildman–Crippen LogP) is 3.38. The molecule has 30 heavy (non-hydrogen) atoms. The molecule has 4 heterocycles. The van der Waals surface area contributed by atoms with Crippen LogP contribution in [0.2, 0.25) is 0 Å². The van der Waals surface area contributed by atoms with Crippen molar-refractivity contribution >= 4 is 21.6 Å². The highest BCUT2D eigenvalue weighted by Crippen LogP contribution is 2.36. The average molecular weight is 424 g/mol. The van der Waals surface area contributed by atoms with Gasteiger partial charge < -0.3 is 4.98 Å². The predicted molar refractivity (Wildman–Crippen MR) is 121 cm³/mol. The summed E-state index contributed by atoms with van der Waals surface area (Å²) in [7, 11) is 0. The van der Waals surface area contributed by atoms with Crippen molar-refractivity contribution in [3.8, 4) is 0 Å². The van der Waals surface area contributed by atoms with Crippen molar-refractivity contribution in [3.05, 3.63) is 56.7 Å². The lowest BCUT2D eigenvalue weighted by molar-refractivity contribution is 0.0941. The Bertz CT molecular complexity index is 1080. The minimum absolute atomic E-state index is 0.0442. The lowest BCUT2D eigenvalue weighted by Gasteiger charge is -2.37. The number of piperazine rings is 1. The number of aromatic amines is 1. The van der Waals surface area contributed by atoms with Crippen LogP contribution in [0.15, 0.2) is 29.2 Å². The van der Waals surface area contributed by atoms with Crippen molar-refractivity contribution in [2.45, 2.75) is 45.7 Å². The SMILES string of the molecule is CC1CCc2c(sc3nc(C(C)N4CCN(Cc5ccccn5)CC4)[nH]c(=O)c23)C1. The summed E-state index contributed by atoms with van der Waals surface area (Å²) in [6.45, 7) is 9.28. The Hall–Kier alpha value is -2.09. The molecule has 3 aromatic heterocycles. The fourth-order valence-electron chi connectivity index (χ4n) is 4.77. The monoisotopic (exact) mass is 423 g/mol. The fourth-order valence-corrected chi connectivity index (χ4v) is 6.16. The third-order valence-corrected chi connectivity index (χ3v) is 7.79. The number of thiophene rings is 1. The summed E-state index contributed by atoms with van der Waals surface area (Å²) in [6.07, 6.45) is 5.11. The Kier molecular flexibility index (Phi) is 5.43. The highest BCUT2D eigenvalue weighted by Gasteiger charge is 2.27. The van der Waals surface area contributed by atoms with Crippen molar-refractivity contribution in [1.29, 1.82) is 0 Å². The first kappa shape index (κ1) is 19.8. The minimum atomic E-state index is 0.0442. The zero-order valence-electron chi connectivity index (χ0n) is 17.7. The second kappa shape index (κ2) is 8.21. The number of hydrogen-bond acceptors (Lipinski definition) is 6. The van der Waals surface area contributed by atoms with Gasteiger partial charge in [-0.25, -0.2) is 4.98 Å². The highest BCUT2D eigenvalue weighted by molar-refractivity contribution is 7.18. The van der Waals surface area contributed by atoms with E-state index in [2.05, 4.69) is 39.7 Å². The Morgan fingerprint density at radius 1 is 1.27 bits per heavy atom. The number of fused-ring (bicyclic) bond motifs is 3. The van der Waals surface area contributed by atoms with Gasteiger partial charge in [-0.05, 0) is 49.8 Å². The van der Waals surface area contributed by atoms with Crippen LogP contribution in [0.4, 0.5) is 0 Å². The molecule has 1 N–H and O–H groups in total. The molecule has 2 aliphatic rings. The van der Waals surface area contributed by atoms with Gasteiger partial charge in [-0.1, -0.05) is 13.0 Å². The van der Waals surface area contributed by atoms with Crippen LogP contribution in [0.3, 0.4) is 0 Å². The van der Waals surface area contributed by atoms with Crippen molar-refractivity contribution in [2.75, 3.05) is 26.2 Å². The third kappa shape index (κ3) is 3.82. The van der Waals surface area contributed by atoms with Gasteiger partial charge in [-0.2, -0.15) is 0 Å². The van der Waals surface area contributed by atoms with Crippen molar-refractivity contribution < 1.29 is 0 Å². The van der Waals surface area contributed by atoms with Gasteiger partial charge in [0.05, 0.1) is 17.1 Å². The molecule has 0 bridgehead atoms. The molecular weight excluding hydrogens is 394 g/mol. The maximum atomic E-state index is 12.9. The van der Waals surface area contributed by atoms with E-state index in [0.717, 1.165) is 67.3 Å². The second-order valence-electron chi connectivity index (χ2n) is 8.79. The first-order valence-corrected chi connectivity index (χ1v) is 11.8. The number of aromatic nitrogens is 3. The van der Waals surface area contributed by atoms with Crippen LogP contribution in [-0.2, 0) is 19.4 Å². The van der Waals surface area contributed by atoms with Gasteiger partial charge in [0.2, 0.25) is 0 Å². The maximum Gasteiger partial charge on any atom is 0.259 e. The van der Waals surface area contributed by atoms with Gasteiger partial charge >= 0.3 is 0 Å². The zero-order valence-corrected chi connectivity index (χ0v) is 18.5. The van der Waals surface area contributed by atoms with Gasteiger partial charge in [0.1, 0.15) is 10.7 Å². The summed E-state index contributed by atoms with van der Waals surface area (Å²) in [5, 5.41) is 0.845. The van der Waals surface area contributed by atoms with Crippen LogP contribution in [0.5, 0.6) is 0 Å². The van der Waals surface area contributed by atoms with Crippen LogP contribution in [0.1, 0.15) is 48.3 Å². The molecule has 1 saturated heterocycles. The van der Waals surface area contributed by atoms with Gasteiger partial charge in [0.25, 0.3) is 5.56 Å². The van der Waals surface area contributed by atoms with Crippen molar-refractivity contribution in [2.24, 2.45) is 5.92 Å². The third-order valence-electron chi connectivity index (χ3n) is 6.65. The lowest BCUT2D eigenvalue weighted by Crippen LogP contribution is -2.47. The first-order valence-electron chi connectivity index (χ1n) is 11.0. The molecule has 2 atom stereocenters. The molecule has 1 fully saturated rings. The molecule has 2 unspecified atom stereocenters. The molecule has 0 radical (unpaired) electrons. The summed E-state index contributed by atoms with van der Waals surface area (Å²) >= 11 is 1.73. The number of nitrogens with zero attached hydrogens (tertiary/aromatic N) is 4. The van der Waals surface area contributed by atoms with E-state index in [-0.39, 0.29) is 11.6 Å². The molecule has 0 saturated carbocycles. The van der Waals surface area contributed by atoms with E-state index >= 15 is 0 Å². The molecular formula is C23H29N5OS.